The molecule has 0 amide bonds. The lowest BCUT2D eigenvalue weighted by molar-refractivity contribution is 0.283. The molecule has 29 heavy (non-hydrogen) atoms. The summed E-state index contributed by atoms with van der Waals surface area (Å²) < 4.78 is 12.3. The van der Waals surface area contributed by atoms with Crippen LogP contribution in [-0.4, -0.2) is 34.2 Å². The largest absolute Gasteiger partial charge is 0.492 e. The number of benzene rings is 1. The third-order valence-corrected chi connectivity index (χ3v) is 5.85. The number of rotatable bonds is 10. The van der Waals surface area contributed by atoms with Gasteiger partial charge in [-0.1, -0.05) is 44.2 Å². The van der Waals surface area contributed by atoms with E-state index in [1.54, 1.807) is 4.90 Å². The number of nitrogens with zero attached hydrogens (tertiary/aromatic N) is 3. The van der Waals surface area contributed by atoms with E-state index >= 15 is 0 Å². The Morgan fingerprint density at radius 1 is 1.31 bits per heavy atom. The smallest absolute Gasteiger partial charge is 0.249 e. The summed E-state index contributed by atoms with van der Waals surface area (Å²) in [5.74, 6) is 1.90. The Hall–Kier alpha value is -2.09. The number of aromatic nitrogens is 2. The summed E-state index contributed by atoms with van der Waals surface area (Å²) in [6, 6.07) is 5.71. The van der Waals surface area contributed by atoms with Gasteiger partial charge < -0.3 is 19.9 Å². The van der Waals surface area contributed by atoms with E-state index in [2.05, 4.69) is 33.0 Å². The van der Waals surface area contributed by atoms with E-state index in [-0.39, 0.29) is 12.0 Å². The monoisotopic (exact) mass is 463 g/mol. The fourth-order valence-corrected chi connectivity index (χ4v) is 4.11. The fraction of sp³-hybridized carbons (Fsp3) is 0.571. The number of unbranched alkanes of at least 4 members (excludes halogenated alkanes) is 5. The molecule has 158 valence electrons. The van der Waals surface area contributed by atoms with E-state index in [0.717, 1.165) is 48.2 Å². The summed E-state index contributed by atoms with van der Waals surface area (Å²) in [6.45, 7) is 3.70. The van der Waals surface area contributed by atoms with E-state index in [1.807, 2.05) is 18.2 Å². The Labute approximate surface area is 180 Å². The van der Waals surface area contributed by atoms with Gasteiger partial charge in [0, 0.05) is 12.1 Å². The highest BCUT2D eigenvalue weighted by atomic mass is 79.9. The zero-order chi connectivity index (χ0) is 20.6. The highest BCUT2D eigenvalue weighted by Gasteiger charge is 2.31. The number of hydrogen-bond donors (Lipinski definition) is 2. The zero-order valence-corrected chi connectivity index (χ0v) is 18.6. The minimum absolute atomic E-state index is 0.0434. The number of ether oxygens (including phenoxy) is 1. The molecule has 0 spiro atoms. The van der Waals surface area contributed by atoms with Crippen LogP contribution in [0.3, 0.4) is 0 Å². The molecule has 1 atom stereocenters. The zero-order valence-electron chi connectivity index (χ0n) is 17.0. The van der Waals surface area contributed by atoms with Gasteiger partial charge in [-0.3, -0.25) is 5.41 Å². The first-order valence-corrected chi connectivity index (χ1v) is 11.3. The molecule has 1 fully saturated rings. The Balaban J connectivity index is 1.56. The van der Waals surface area contributed by atoms with Crippen LogP contribution in [0.5, 0.6) is 5.75 Å². The topological polar surface area (TPSA) is 101 Å². The van der Waals surface area contributed by atoms with E-state index in [4.69, 9.17) is 20.4 Å². The molecule has 8 heteroatoms. The quantitative estimate of drug-likeness (QED) is 0.282. The first kappa shape index (κ1) is 21.6. The van der Waals surface area contributed by atoms with Crippen LogP contribution in [0, 0.1) is 5.41 Å². The lowest BCUT2D eigenvalue weighted by atomic mass is 10.1. The first-order chi connectivity index (χ1) is 14.1. The summed E-state index contributed by atoms with van der Waals surface area (Å²) in [5, 5.41) is 11.8. The predicted octanol–water partition coefficient (Wildman–Crippen LogP) is 5.27. The van der Waals surface area contributed by atoms with Gasteiger partial charge in [-0.15, -0.1) is 0 Å². The summed E-state index contributed by atoms with van der Waals surface area (Å²) in [5.41, 5.74) is 6.51. The maximum Gasteiger partial charge on any atom is 0.249 e. The SMILES string of the molecule is CCCCCCCCOc1ccc(-c2noc([C@@H]3CCCN3C(=N)N)n2)cc1Br. The van der Waals surface area contributed by atoms with E-state index < -0.39 is 0 Å². The Morgan fingerprint density at radius 3 is 2.86 bits per heavy atom. The van der Waals surface area contributed by atoms with Gasteiger partial charge in [-0.05, 0) is 53.4 Å². The molecule has 2 aromatic rings. The standard InChI is InChI=1S/C21H30BrN5O2/c1-2-3-4-5-6-7-13-28-18-11-10-15(14-16(18)22)19-25-20(29-26-19)17-9-8-12-27(17)21(23)24/h10-11,14,17H,2-9,12-13H2,1H3,(H3,23,24)/t17-/m0/s1. The average molecular weight is 464 g/mol. The Kier molecular flexibility index (Phi) is 7.91. The van der Waals surface area contributed by atoms with Gasteiger partial charge in [-0.2, -0.15) is 4.98 Å². The highest BCUT2D eigenvalue weighted by Crippen LogP contribution is 2.33. The van der Waals surface area contributed by atoms with Gasteiger partial charge in [0.1, 0.15) is 11.8 Å². The normalized spacial score (nSPS) is 16.3. The predicted molar refractivity (Wildman–Crippen MR) is 117 cm³/mol. The van der Waals surface area contributed by atoms with Crippen LogP contribution in [-0.2, 0) is 0 Å². The van der Waals surface area contributed by atoms with Gasteiger partial charge >= 0.3 is 0 Å². The van der Waals surface area contributed by atoms with Gasteiger partial charge in [0.15, 0.2) is 5.96 Å². The number of nitrogens with two attached hydrogens (primary N) is 1. The number of hydrogen-bond acceptors (Lipinski definition) is 5. The van der Waals surface area contributed by atoms with Gasteiger partial charge in [0.25, 0.3) is 0 Å². The number of halogens is 1. The van der Waals surface area contributed by atoms with Gasteiger partial charge in [-0.25, -0.2) is 0 Å². The lowest BCUT2D eigenvalue weighted by Crippen LogP contribution is -2.35. The van der Waals surface area contributed by atoms with Crippen molar-refractivity contribution in [3.05, 3.63) is 28.6 Å². The van der Waals surface area contributed by atoms with Gasteiger partial charge in [0.2, 0.25) is 11.7 Å². The number of nitrogens with one attached hydrogen (secondary N) is 1. The van der Waals surface area contributed by atoms with Crippen LogP contribution in [0.2, 0.25) is 0 Å². The molecule has 1 aliphatic heterocycles. The maximum atomic E-state index is 7.70. The molecule has 2 heterocycles. The van der Waals surface area contributed by atoms with Crippen molar-refractivity contribution in [2.24, 2.45) is 5.73 Å². The maximum absolute atomic E-state index is 7.70. The van der Waals surface area contributed by atoms with Crippen LogP contribution in [0.15, 0.2) is 27.2 Å². The van der Waals surface area contributed by atoms with Crippen LogP contribution < -0.4 is 10.5 Å². The molecule has 0 saturated carbocycles. The lowest BCUT2D eigenvalue weighted by Gasteiger charge is -2.21. The van der Waals surface area contributed by atoms with Crippen LogP contribution in [0.25, 0.3) is 11.4 Å². The third-order valence-electron chi connectivity index (χ3n) is 5.23. The molecule has 3 rings (SSSR count). The molecule has 1 aromatic carbocycles. The summed E-state index contributed by atoms with van der Waals surface area (Å²) >= 11 is 3.59. The molecule has 1 saturated heterocycles. The minimum Gasteiger partial charge on any atom is -0.492 e. The first-order valence-electron chi connectivity index (χ1n) is 10.5. The molecule has 7 nitrogen and oxygen atoms in total. The molecular formula is C21H30BrN5O2. The number of guanidine groups is 1. The summed E-state index contributed by atoms with van der Waals surface area (Å²) in [6.07, 6.45) is 9.27. The van der Waals surface area contributed by atoms with Crippen molar-refractivity contribution in [1.29, 1.82) is 5.41 Å². The van der Waals surface area contributed by atoms with E-state index in [9.17, 15) is 0 Å². The number of likely N-dealkylation sites (tertiary alicyclic amines) is 1. The molecule has 0 unspecified atom stereocenters. The van der Waals surface area contributed by atoms with Crippen molar-refractivity contribution in [3.63, 3.8) is 0 Å². The van der Waals surface area contributed by atoms with Crippen molar-refractivity contribution < 1.29 is 9.26 Å². The Morgan fingerprint density at radius 2 is 2.10 bits per heavy atom. The van der Waals surface area contributed by atoms with Crippen molar-refractivity contribution in [2.75, 3.05) is 13.2 Å². The molecule has 0 aliphatic carbocycles. The molecule has 1 aromatic heterocycles. The minimum atomic E-state index is -0.114. The molecular weight excluding hydrogens is 434 g/mol. The van der Waals surface area contributed by atoms with Gasteiger partial charge in [0.05, 0.1) is 11.1 Å². The average Bonchev–Trinajstić information content (AvgIpc) is 3.37. The molecule has 0 radical (unpaired) electrons. The van der Waals surface area contributed by atoms with Crippen LogP contribution in [0.4, 0.5) is 0 Å². The Bertz CT molecular complexity index is 810. The van der Waals surface area contributed by atoms with Crippen molar-refractivity contribution >= 4 is 21.9 Å². The van der Waals surface area contributed by atoms with Crippen molar-refractivity contribution in [2.45, 2.75) is 64.3 Å². The molecule has 1 aliphatic rings. The highest BCUT2D eigenvalue weighted by molar-refractivity contribution is 9.10. The summed E-state index contributed by atoms with van der Waals surface area (Å²) in [7, 11) is 0. The molecule has 3 N–H and O–H groups in total. The third kappa shape index (κ3) is 5.72. The van der Waals surface area contributed by atoms with Crippen molar-refractivity contribution in [3.8, 4) is 17.1 Å². The second-order valence-corrected chi connectivity index (χ2v) is 8.31. The van der Waals surface area contributed by atoms with E-state index in [1.165, 1.54) is 32.1 Å². The second-order valence-electron chi connectivity index (χ2n) is 7.45. The second kappa shape index (κ2) is 10.6. The van der Waals surface area contributed by atoms with Crippen LogP contribution >= 0.6 is 15.9 Å². The fourth-order valence-electron chi connectivity index (χ4n) is 3.62. The van der Waals surface area contributed by atoms with E-state index in [0.29, 0.717) is 11.7 Å². The van der Waals surface area contributed by atoms with Crippen LogP contribution in [0.1, 0.15) is 70.2 Å². The molecule has 0 bridgehead atoms. The summed E-state index contributed by atoms with van der Waals surface area (Å²) in [4.78, 5) is 6.34. The van der Waals surface area contributed by atoms with Crippen molar-refractivity contribution in [1.82, 2.24) is 15.0 Å².